The van der Waals surface area contributed by atoms with Crippen LogP contribution in [0, 0.1) is 23.7 Å². The summed E-state index contributed by atoms with van der Waals surface area (Å²) in [6, 6.07) is 9.34. The van der Waals surface area contributed by atoms with Crippen LogP contribution in [0.1, 0.15) is 79.3 Å². The zero-order valence-electron chi connectivity index (χ0n) is 43.0. The second kappa shape index (κ2) is 28.7. The van der Waals surface area contributed by atoms with Crippen LogP contribution in [-0.2, 0) is 59.9 Å². The summed E-state index contributed by atoms with van der Waals surface area (Å²) in [4.78, 5) is 35.2. The van der Waals surface area contributed by atoms with Crippen molar-refractivity contribution < 1.29 is 68.0 Å². The van der Waals surface area contributed by atoms with Gasteiger partial charge in [-0.3, -0.25) is 4.79 Å². The molecule has 0 amide bonds. The molecule has 2 saturated heterocycles. The minimum absolute atomic E-state index is 0.00697. The van der Waals surface area contributed by atoms with Crippen molar-refractivity contribution in [3.63, 3.8) is 0 Å². The molecule has 0 aliphatic carbocycles. The predicted octanol–water partition coefficient (Wildman–Crippen LogP) is 4.34. The predicted molar refractivity (Wildman–Crippen MR) is 265 cm³/mol. The lowest BCUT2D eigenvalue weighted by Crippen LogP contribution is -2.63. The smallest absolute Gasteiger partial charge is 0.308 e. The van der Waals surface area contributed by atoms with E-state index in [1.54, 1.807) is 56.2 Å². The number of oxime groups is 1. The molecule has 1 aromatic carbocycles. The number of cyclic esters (lactones) is 1. The van der Waals surface area contributed by atoms with Crippen LogP contribution in [0.5, 0.6) is 0 Å². The number of methoxy groups -OCH3 is 2. The number of hydrogen-bond donors (Lipinski definition) is 4. The molecule has 3 aliphatic heterocycles. The lowest BCUT2D eigenvalue weighted by atomic mass is 9.79. The summed E-state index contributed by atoms with van der Waals surface area (Å²) in [6.45, 7) is 11.2. The fourth-order valence-electron chi connectivity index (χ4n) is 9.50. The number of thioether (sulfide) groups is 1. The molecule has 398 valence electrons. The number of rotatable bonds is 19. The third kappa shape index (κ3) is 16.4. The molecule has 71 heavy (non-hydrogen) atoms. The molecule has 3 aliphatic rings. The van der Waals surface area contributed by atoms with Gasteiger partial charge in [0.15, 0.2) is 12.6 Å². The van der Waals surface area contributed by atoms with Crippen LogP contribution in [0.4, 0.5) is 0 Å². The maximum absolute atomic E-state index is 13.9. The van der Waals surface area contributed by atoms with Crippen LogP contribution in [-0.4, -0.2) is 179 Å². The molecule has 19 nitrogen and oxygen atoms in total. The average molecular weight is 1020 g/mol. The third-order valence-corrected chi connectivity index (χ3v) is 14.7. The number of nitrogens with zero attached hydrogens (tertiary/aromatic N) is 5. The van der Waals surface area contributed by atoms with Crippen molar-refractivity contribution in [1.29, 1.82) is 0 Å². The third-order valence-electron chi connectivity index (χ3n) is 13.7. The number of esters is 1. The molecule has 5 rings (SSSR count). The van der Waals surface area contributed by atoms with Crippen LogP contribution in [0.2, 0.25) is 0 Å². The van der Waals surface area contributed by atoms with E-state index < -0.39 is 110 Å². The van der Waals surface area contributed by atoms with E-state index in [0.717, 1.165) is 22.4 Å². The summed E-state index contributed by atoms with van der Waals surface area (Å²) < 4.78 is 44.4. The topological polar surface area (TPSA) is 235 Å². The van der Waals surface area contributed by atoms with Gasteiger partial charge in [-0.15, -0.1) is 16.9 Å². The highest BCUT2D eigenvalue weighted by molar-refractivity contribution is 7.98. The molecule has 0 unspecified atom stereocenters. The highest BCUT2D eigenvalue weighted by atomic mass is 32.2. The Balaban J connectivity index is 1.44. The van der Waals surface area contributed by atoms with Gasteiger partial charge in [-0.1, -0.05) is 67.1 Å². The number of allylic oxidation sites excluding steroid dienone is 3. The van der Waals surface area contributed by atoms with E-state index >= 15 is 0 Å². The zero-order valence-corrected chi connectivity index (χ0v) is 43.8. The Bertz CT molecular complexity index is 2010. The van der Waals surface area contributed by atoms with Gasteiger partial charge in [0.05, 0.1) is 66.9 Å². The van der Waals surface area contributed by atoms with Gasteiger partial charge in [0.2, 0.25) is 0 Å². The number of aliphatic hydroxyl groups is 4. The molecule has 1 aromatic heterocycles. The molecule has 17 atom stereocenters. The number of carbonyl (C=O) groups is 2. The fourth-order valence-corrected chi connectivity index (χ4v) is 10.3. The van der Waals surface area contributed by atoms with Crippen molar-refractivity contribution in [2.75, 3.05) is 41.5 Å². The standard InChI is InChI=1S/C51H79N5O14S/c1-11-41-36(28-65-51-49(64-10)48(63-9)45(61)34(6)68-51)24-30(2)19-20-39(53-66-23-15-16-37-27-56(54-52-37)29-71-38-17-13-12-14-18-38)31(3)25-35(21-22-57)47(32(4)40(58)26-42(59)69-41)70-50-46(62)43(55(7)8)44(60)33(5)67-50/h12-14,17-20,22,24,27,31-36,40-41,43-51,58,60-62H,11,15-16,21,23,25-26,28-29H2,1-10H3/b20-19+,30-24+,53-39-/t31-,32+,33+,34-,35+,36-,40-,41-,43-,44+,45-,46+,47-,48-,49-,50-,51-/m1/s1. The minimum atomic E-state index is -1.32. The fraction of sp³-hybridized carbons (Fsp3) is 0.706. The number of aromatic nitrogens is 3. The summed E-state index contributed by atoms with van der Waals surface area (Å²) in [5.74, 6) is -2.28. The Morgan fingerprint density at radius 2 is 1.65 bits per heavy atom. The molecule has 2 aromatic rings. The van der Waals surface area contributed by atoms with E-state index in [1.165, 1.54) is 14.2 Å². The van der Waals surface area contributed by atoms with E-state index in [1.807, 2.05) is 63.4 Å². The Morgan fingerprint density at radius 1 is 0.944 bits per heavy atom. The second-order valence-corrected chi connectivity index (χ2v) is 20.3. The summed E-state index contributed by atoms with van der Waals surface area (Å²) in [5.41, 5.74) is 2.18. The number of aliphatic hydroxyl groups excluding tert-OH is 4. The maximum atomic E-state index is 13.9. The highest BCUT2D eigenvalue weighted by Crippen LogP contribution is 2.35. The van der Waals surface area contributed by atoms with Crippen LogP contribution in [0.25, 0.3) is 0 Å². The van der Waals surface area contributed by atoms with E-state index in [0.29, 0.717) is 37.3 Å². The van der Waals surface area contributed by atoms with Crippen molar-refractivity contribution in [1.82, 2.24) is 19.9 Å². The maximum Gasteiger partial charge on any atom is 0.308 e. The number of aldehydes is 1. The molecule has 2 fully saturated rings. The van der Waals surface area contributed by atoms with Gasteiger partial charge < -0.3 is 68.1 Å². The first-order valence-corrected chi connectivity index (χ1v) is 25.8. The summed E-state index contributed by atoms with van der Waals surface area (Å²) >= 11 is 1.66. The molecular weight excluding hydrogens is 939 g/mol. The average Bonchev–Trinajstić information content (AvgIpc) is 3.80. The van der Waals surface area contributed by atoms with Crippen molar-refractivity contribution in [3.05, 3.63) is 66.0 Å². The molecule has 4 heterocycles. The van der Waals surface area contributed by atoms with Gasteiger partial charge in [-0.05, 0) is 84.7 Å². The first-order valence-electron chi connectivity index (χ1n) is 24.8. The van der Waals surface area contributed by atoms with E-state index in [2.05, 4.69) is 27.6 Å². The lowest BCUT2D eigenvalue weighted by Gasteiger charge is -2.46. The largest absolute Gasteiger partial charge is 0.462 e. The van der Waals surface area contributed by atoms with Gasteiger partial charge in [-0.2, -0.15) is 0 Å². The van der Waals surface area contributed by atoms with Crippen LogP contribution < -0.4 is 0 Å². The normalized spacial score (nSPS) is 36.5. The number of hydrogen-bond acceptors (Lipinski definition) is 19. The lowest BCUT2D eigenvalue weighted by molar-refractivity contribution is -0.304. The highest BCUT2D eigenvalue weighted by Gasteiger charge is 2.48. The Morgan fingerprint density at radius 3 is 2.32 bits per heavy atom. The van der Waals surface area contributed by atoms with Crippen LogP contribution >= 0.6 is 11.8 Å². The van der Waals surface area contributed by atoms with Crippen molar-refractivity contribution >= 4 is 29.7 Å². The Hall–Kier alpha value is -3.64. The molecule has 20 heteroatoms. The minimum Gasteiger partial charge on any atom is -0.462 e. The van der Waals surface area contributed by atoms with Crippen molar-refractivity contribution in [2.45, 2.75) is 171 Å². The molecule has 0 saturated carbocycles. The molecule has 0 bridgehead atoms. The van der Waals surface area contributed by atoms with Gasteiger partial charge in [-0.25, -0.2) is 4.68 Å². The van der Waals surface area contributed by atoms with E-state index in [-0.39, 0.29) is 25.6 Å². The summed E-state index contributed by atoms with van der Waals surface area (Å²) in [5, 5.41) is 58.5. The number of benzene rings is 1. The SMILES string of the molecule is CC[C@H]1OC(=O)C[C@@H](O)[C@H](C)[C@@H](O[C@H]2O[C@@H](C)[C@H](O)[C@@H](N(C)C)[C@@H]2O)[C@@H](CC=O)C[C@@H](C)C(=N\OCCCc2cn(CSc3ccccc3)nn2)/C=C/C(C)=C/[C@@H]1CO[C@@H]1O[C@H](C)[C@@H](O)[C@@H](OC)[C@H]1OC. The number of ether oxygens (including phenoxy) is 7. The van der Waals surface area contributed by atoms with E-state index in [4.69, 9.17) is 38.0 Å². The molecule has 0 radical (unpaired) electrons. The summed E-state index contributed by atoms with van der Waals surface area (Å²) in [6.07, 6.45) is -1.37. The monoisotopic (exact) mass is 1020 g/mol. The quantitative estimate of drug-likeness (QED) is 0.0504. The van der Waals surface area contributed by atoms with Crippen LogP contribution in [0.15, 0.2) is 70.4 Å². The Kier molecular flexibility index (Phi) is 23.6. The van der Waals surface area contributed by atoms with Crippen LogP contribution in [0.3, 0.4) is 0 Å². The van der Waals surface area contributed by atoms with E-state index in [9.17, 15) is 30.0 Å². The first-order chi connectivity index (χ1) is 34.0. The number of carbonyl (C=O) groups excluding carboxylic acids is 2. The number of likely N-dealkylation sites (N-methyl/N-ethyl adjacent to an activating group) is 1. The molecule has 0 spiro atoms. The Labute approximate surface area is 423 Å². The first kappa shape index (κ1) is 58.3. The summed E-state index contributed by atoms with van der Waals surface area (Å²) in [7, 11) is 6.45. The van der Waals surface area contributed by atoms with Gasteiger partial charge in [0.25, 0.3) is 0 Å². The molecule has 4 N–H and O–H groups in total. The zero-order chi connectivity index (χ0) is 51.8. The van der Waals surface area contributed by atoms with Gasteiger partial charge in [0.1, 0.15) is 43.4 Å². The molecular formula is C51H79N5O14S. The van der Waals surface area contributed by atoms with Crippen molar-refractivity contribution in [2.24, 2.45) is 28.8 Å². The second-order valence-electron chi connectivity index (χ2n) is 19.2. The van der Waals surface area contributed by atoms with Crippen molar-refractivity contribution in [3.8, 4) is 0 Å². The van der Waals surface area contributed by atoms with Gasteiger partial charge in [0, 0.05) is 49.5 Å². The number of aryl methyl sites for hydroxylation is 1. The van der Waals surface area contributed by atoms with Gasteiger partial charge >= 0.3 is 5.97 Å².